The molecule has 12 heteroatoms. The molecule has 0 radical (unpaired) electrons. The van der Waals surface area contributed by atoms with E-state index in [1.54, 1.807) is 0 Å². The fourth-order valence-corrected chi connectivity index (χ4v) is 0.630. The number of alkyl halides is 7. The van der Waals surface area contributed by atoms with Crippen molar-refractivity contribution in [3.8, 4) is 11.9 Å². The van der Waals surface area contributed by atoms with E-state index >= 15 is 0 Å². The molecule has 0 aromatic rings. The number of nitrogens with zero attached hydrogens (tertiary/aromatic N) is 2. The molecule has 0 saturated heterocycles. The molecule has 90 valence electrons. The molecular formula is C5BCsF8N2. The van der Waals surface area contributed by atoms with Crippen molar-refractivity contribution in [2.24, 2.45) is 0 Å². The summed E-state index contributed by atoms with van der Waals surface area (Å²) >= 11 is 0. The summed E-state index contributed by atoms with van der Waals surface area (Å²) in [6.07, 6.45) is -12.8. The molecule has 0 unspecified atom stereocenters. The van der Waals surface area contributed by atoms with Gasteiger partial charge in [-0.2, -0.15) is 22.0 Å². The van der Waals surface area contributed by atoms with Gasteiger partial charge in [-0.15, -0.1) is 0 Å². The van der Waals surface area contributed by atoms with E-state index in [4.69, 9.17) is 10.5 Å². The second-order valence-electron chi connectivity index (χ2n) is 2.71. The fourth-order valence-electron chi connectivity index (χ4n) is 0.630. The Morgan fingerprint density at radius 2 is 1.12 bits per heavy atom. The molecule has 0 amide bonds. The first-order valence-corrected chi connectivity index (χ1v) is 3.35. The van der Waals surface area contributed by atoms with Gasteiger partial charge in [0.1, 0.15) is 0 Å². The van der Waals surface area contributed by atoms with Gasteiger partial charge in [0.2, 0.25) is 0 Å². The fraction of sp³-hybridized carbons (Fsp3) is 0.600. The van der Waals surface area contributed by atoms with Crippen LogP contribution in [0.1, 0.15) is 0 Å². The maximum Gasteiger partial charge on any atom is 1.00 e. The van der Waals surface area contributed by atoms with Crippen LogP contribution < -0.4 is 68.9 Å². The van der Waals surface area contributed by atoms with Crippen molar-refractivity contribution in [1.82, 2.24) is 0 Å². The quantitative estimate of drug-likeness (QED) is 0.472. The molecule has 0 spiro atoms. The van der Waals surface area contributed by atoms with Crippen molar-refractivity contribution in [3.63, 3.8) is 0 Å². The van der Waals surface area contributed by atoms with Gasteiger partial charge in [0.05, 0.1) is 0 Å². The molecule has 0 aliphatic rings. The van der Waals surface area contributed by atoms with Gasteiger partial charge in [0.15, 0.2) is 0 Å². The summed E-state index contributed by atoms with van der Waals surface area (Å²) in [5.74, 6) is -13.6. The normalized spacial score (nSPS) is 13.3. The van der Waals surface area contributed by atoms with Crippen LogP contribution in [0.25, 0.3) is 0 Å². The number of hydrogen-bond donors (Lipinski definition) is 0. The van der Waals surface area contributed by atoms with Crippen molar-refractivity contribution in [1.29, 1.82) is 10.5 Å². The Labute approximate surface area is 148 Å². The minimum atomic E-state index is -6.81. The van der Waals surface area contributed by atoms with E-state index in [2.05, 4.69) is 0 Å². The number of halogens is 8. The van der Waals surface area contributed by atoms with Crippen LogP contribution in [-0.2, 0) is 0 Å². The van der Waals surface area contributed by atoms with Crippen LogP contribution >= 0.6 is 0 Å². The van der Waals surface area contributed by atoms with E-state index in [-0.39, 0.29) is 80.8 Å². The summed E-state index contributed by atoms with van der Waals surface area (Å²) in [6, 6.07) is 0. The van der Waals surface area contributed by atoms with Crippen LogP contribution in [0.4, 0.5) is 35.0 Å². The minimum absolute atomic E-state index is 0. The molecule has 0 aromatic heterocycles. The van der Waals surface area contributed by atoms with Gasteiger partial charge in [-0.05, 0) is 0 Å². The second-order valence-corrected chi connectivity index (χ2v) is 2.71. The van der Waals surface area contributed by atoms with Crippen molar-refractivity contribution in [2.75, 3.05) is 0 Å². The molecule has 0 atom stereocenters. The zero-order chi connectivity index (χ0) is 13.4. The number of rotatable bonds is 2. The number of nitriles is 2. The third-order valence-corrected chi connectivity index (χ3v) is 1.63. The largest absolute Gasteiger partial charge is 1.00 e. The second kappa shape index (κ2) is 5.67. The molecule has 0 N–H and O–H groups in total. The molecule has 0 fully saturated rings. The predicted octanol–water partition coefficient (Wildman–Crippen LogP) is -0.597. The summed E-state index contributed by atoms with van der Waals surface area (Å²) < 4.78 is 96.6. The molecule has 0 rings (SSSR count). The van der Waals surface area contributed by atoms with E-state index in [1.165, 1.54) is 0 Å². The topological polar surface area (TPSA) is 47.6 Å². The zero-order valence-corrected chi connectivity index (χ0v) is 14.3. The molecule has 2 nitrogen and oxygen atoms in total. The number of hydrogen-bond acceptors (Lipinski definition) is 2. The molecule has 0 saturated carbocycles. The van der Waals surface area contributed by atoms with Crippen molar-refractivity contribution >= 4 is 6.42 Å². The Balaban J connectivity index is 0. The van der Waals surface area contributed by atoms with E-state index in [1.807, 2.05) is 0 Å². The Morgan fingerprint density at radius 3 is 1.29 bits per heavy atom. The van der Waals surface area contributed by atoms with Crippen LogP contribution in [0, 0.1) is 22.5 Å². The van der Waals surface area contributed by atoms with Gasteiger partial charge in [-0.3, -0.25) is 0 Å². The smallest absolute Gasteiger partial charge is 0.476 e. The van der Waals surface area contributed by atoms with Crippen LogP contribution in [0.5, 0.6) is 0 Å². The molecule has 17 heavy (non-hydrogen) atoms. The molecule has 0 aliphatic heterocycles. The molecule has 0 heterocycles. The van der Waals surface area contributed by atoms with Crippen LogP contribution in [0.3, 0.4) is 0 Å². The van der Waals surface area contributed by atoms with E-state index in [0.717, 1.165) is 0 Å². The van der Waals surface area contributed by atoms with Gasteiger partial charge in [0, 0.05) is 0 Å². The van der Waals surface area contributed by atoms with Crippen molar-refractivity contribution in [2.45, 2.75) is 17.9 Å². The van der Waals surface area contributed by atoms with Crippen LogP contribution in [0.2, 0.25) is 0 Å². The average molecular weight is 384 g/mol. The van der Waals surface area contributed by atoms with E-state index in [0.29, 0.717) is 0 Å². The third-order valence-electron chi connectivity index (χ3n) is 1.63. The standard InChI is InChI=1S/C5BF8N2.Cs/c7-3(8,5(11,12)13)4(9,10)6(14,1-15)2-16;/q-1;+1. The summed E-state index contributed by atoms with van der Waals surface area (Å²) in [7, 11) is 0. The summed E-state index contributed by atoms with van der Waals surface area (Å²) in [4.78, 5) is 0. The first-order chi connectivity index (χ1) is 6.87. The maximum atomic E-state index is 12.7. The van der Waals surface area contributed by atoms with Crippen molar-refractivity contribution in [3.05, 3.63) is 0 Å². The molecular weight excluding hydrogens is 384 g/mol. The van der Waals surface area contributed by atoms with E-state index < -0.39 is 24.3 Å². The zero-order valence-electron chi connectivity index (χ0n) is 8.00. The maximum absolute atomic E-state index is 12.7. The van der Waals surface area contributed by atoms with Crippen molar-refractivity contribution < 1.29 is 104 Å². The Bertz CT molecular complexity index is 352. The van der Waals surface area contributed by atoms with Gasteiger partial charge in [-0.1, -0.05) is 11.9 Å². The van der Waals surface area contributed by atoms with Gasteiger partial charge in [-0.25, -0.2) is 19.3 Å². The molecule has 0 aromatic carbocycles. The predicted molar refractivity (Wildman–Crippen MR) is 34.0 cm³/mol. The monoisotopic (exact) mass is 384 g/mol. The third kappa shape index (κ3) is 3.11. The molecule has 0 bridgehead atoms. The van der Waals surface area contributed by atoms with Crippen LogP contribution in [-0.4, -0.2) is 24.3 Å². The average Bonchev–Trinajstić information content (AvgIpc) is 2.14. The van der Waals surface area contributed by atoms with Gasteiger partial charge >= 0.3 is 87.4 Å². The van der Waals surface area contributed by atoms with Gasteiger partial charge in [0.25, 0.3) is 5.82 Å². The first kappa shape index (κ1) is 19.9. The summed E-state index contributed by atoms with van der Waals surface area (Å²) in [6.45, 7) is 0. The summed E-state index contributed by atoms with van der Waals surface area (Å²) in [5, 5.41) is 15.5. The summed E-state index contributed by atoms with van der Waals surface area (Å²) in [5.41, 5.74) is 0. The Morgan fingerprint density at radius 1 is 0.824 bits per heavy atom. The minimum Gasteiger partial charge on any atom is -0.476 e. The Hall–Kier alpha value is 0.537. The van der Waals surface area contributed by atoms with Crippen LogP contribution in [0.15, 0.2) is 0 Å². The van der Waals surface area contributed by atoms with E-state index in [9.17, 15) is 35.0 Å². The van der Waals surface area contributed by atoms with Gasteiger partial charge < -0.3 is 4.32 Å². The molecule has 0 aliphatic carbocycles. The first-order valence-electron chi connectivity index (χ1n) is 3.35. The SMILES string of the molecule is N#C[B-](F)(C#N)C(F)(F)C(F)(F)C(F)(F)F.[Cs+]. The Kier molecular flexibility index (Phi) is 6.62.